The SMILES string of the molecule is CC(C)C(=O)Nc1nc2c(ncn2[C@@H]2O[C@H](CO)C(O)C2O[Si](C)(C)C(C)(C)C)c(=O)[nH]1. The van der Waals surface area contributed by atoms with Crippen molar-refractivity contribution in [2.24, 2.45) is 5.92 Å². The van der Waals surface area contributed by atoms with E-state index in [0.717, 1.165) is 0 Å². The molecule has 4 atom stereocenters. The first-order chi connectivity index (χ1) is 14.8. The maximum absolute atomic E-state index is 12.5. The highest BCUT2D eigenvalue weighted by atomic mass is 28.4. The highest BCUT2D eigenvalue weighted by Crippen LogP contribution is 2.42. The van der Waals surface area contributed by atoms with Gasteiger partial charge in [-0.15, -0.1) is 0 Å². The van der Waals surface area contributed by atoms with Crippen LogP contribution in [0.25, 0.3) is 11.2 Å². The molecule has 11 nitrogen and oxygen atoms in total. The smallest absolute Gasteiger partial charge is 0.280 e. The molecule has 3 heterocycles. The van der Waals surface area contributed by atoms with Crippen molar-refractivity contribution in [2.45, 2.75) is 77.3 Å². The molecular weight excluding hydrogens is 434 g/mol. The largest absolute Gasteiger partial charge is 0.407 e. The second kappa shape index (κ2) is 8.67. The summed E-state index contributed by atoms with van der Waals surface area (Å²) in [4.78, 5) is 35.6. The fraction of sp³-hybridized carbons (Fsp3) is 0.700. The van der Waals surface area contributed by atoms with Crippen LogP contribution in [0, 0.1) is 5.92 Å². The van der Waals surface area contributed by atoms with Gasteiger partial charge in [0.25, 0.3) is 5.56 Å². The monoisotopic (exact) mass is 467 g/mol. The molecule has 12 heteroatoms. The number of nitrogens with zero attached hydrogens (tertiary/aromatic N) is 3. The number of aliphatic hydroxyl groups is 2. The quantitative estimate of drug-likeness (QED) is 0.465. The average molecular weight is 468 g/mol. The number of carbonyl (C=O) groups excluding carboxylic acids is 1. The van der Waals surface area contributed by atoms with E-state index in [1.165, 1.54) is 10.9 Å². The Labute approximate surface area is 187 Å². The fourth-order valence-corrected chi connectivity index (χ4v) is 4.46. The van der Waals surface area contributed by atoms with Gasteiger partial charge in [0.1, 0.15) is 18.3 Å². The molecule has 178 valence electrons. The Morgan fingerprint density at radius 2 is 2.06 bits per heavy atom. The van der Waals surface area contributed by atoms with Crippen LogP contribution in [0.4, 0.5) is 5.95 Å². The molecule has 1 aliphatic rings. The summed E-state index contributed by atoms with van der Waals surface area (Å²) < 4.78 is 13.9. The Hall–Kier alpha value is -2.12. The van der Waals surface area contributed by atoms with Crippen LogP contribution in [-0.4, -0.2) is 68.9 Å². The number of hydrogen-bond acceptors (Lipinski definition) is 8. The van der Waals surface area contributed by atoms with E-state index in [1.807, 2.05) is 0 Å². The number of rotatable bonds is 6. The number of carbonyl (C=O) groups is 1. The van der Waals surface area contributed by atoms with Gasteiger partial charge in [-0.25, -0.2) is 4.98 Å². The van der Waals surface area contributed by atoms with Crippen LogP contribution in [0.15, 0.2) is 11.1 Å². The molecule has 3 rings (SSSR count). The Morgan fingerprint density at radius 1 is 1.41 bits per heavy atom. The number of fused-ring (bicyclic) bond motifs is 1. The topological polar surface area (TPSA) is 152 Å². The third-order valence-electron chi connectivity index (χ3n) is 6.20. The van der Waals surface area contributed by atoms with E-state index in [9.17, 15) is 19.8 Å². The molecule has 2 aromatic rings. The molecule has 0 radical (unpaired) electrons. The summed E-state index contributed by atoms with van der Waals surface area (Å²) in [5, 5.41) is 23.0. The molecule has 1 amide bonds. The molecule has 1 aliphatic heterocycles. The van der Waals surface area contributed by atoms with Gasteiger partial charge in [0, 0.05) is 5.92 Å². The van der Waals surface area contributed by atoms with Crippen molar-refractivity contribution in [3.63, 3.8) is 0 Å². The van der Waals surface area contributed by atoms with Gasteiger partial charge in [-0.05, 0) is 18.1 Å². The van der Waals surface area contributed by atoms with Crippen LogP contribution in [-0.2, 0) is 14.0 Å². The lowest BCUT2D eigenvalue weighted by molar-refractivity contribution is -0.118. The number of imidazole rings is 1. The van der Waals surface area contributed by atoms with E-state index in [1.54, 1.807) is 13.8 Å². The number of ether oxygens (including phenoxy) is 1. The summed E-state index contributed by atoms with van der Waals surface area (Å²) in [5.41, 5.74) is -0.288. The molecule has 0 aromatic carbocycles. The van der Waals surface area contributed by atoms with Gasteiger partial charge in [0.2, 0.25) is 11.9 Å². The molecule has 0 spiro atoms. The number of aromatic amines is 1. The van der Waals surface area contributed by atoms with E-state index in [2.05, 4.69) is 54.1 Å². The van der Waals surface area contributed by atoms with Gasteiger partial charge in [-0.3, -0.25) is 24.5 Å². The lowest BCUT2D eigenvalue weighted by atomic mass is 10.1. The second-order valence-corrected chi connectivity index (χ2v) is 14.7. The number of hydrogen-bond donors (Lipinski definition) is 4. The normalized spacial score (nSPS) is 24.4. The lowest BCUT2D eigenvalue weighted by Crippen LogP contribution is -2.48. The number of aliphatic hydroxyl groups excluding tert-OH is 2. The first-order valence-corrected chi connectivity index (χ1v) is 13.6. The van der Waals surface area contributed by atoms with Gasteiger partial charge in [-0.2, -0.15) is 4.98 Å². The molecule has 1 saturated heterocycles. The molecule has 2 unspecified atom stereocenters. The molecule has 0 aliphatic carbocycles. The zero-order chi connectivity index (χ0) is 24.0. The summed E-state index contributed by atoms with van der Waals surface area (Å²) in [6, 6.07) is 0. The van der Waals surface area contributed by atoms with Crippen molar-refractivity contribution in [2.75, 3.05) is 11.9 Å². The number of amides is 1. The summed E-state index contributed by atoms with van der Waals surface area (Å²) in [5.74, 6) is -0.616. The number of aromatic nitrogens is 4. The minimum atomic E-state index is -2.33. The predicted molar refractivity (Wildman–Crippen MR) is 121 cm³/mol. The zero-order valence-corrected chi connectivity index (χ0v) is 20.5. The Balaban J connectivity index is 2.05. The highest BCUT2D eigenvalue weighted by Gasteiger charge is 2.50. The van der Waals surface area contributed by atoms with Gasteiger partial charge in [-0.1, -0.05) is 34.6 Å². The fourth-order valence-electron chi connectivity index (χ4n) is 3.17. The number of anilines is 1. The maximum Gasteiger partial charge on any atom is 0.280 e. The third kappa shape index (κ3) is 4.50. The van der Waals surface area contributed by atoms with Crippen molar-refractivity contribution >= 4 is 31.3 Å². The summed E-state index contributed by atoms with van der Waals surface area (Å²) in [6.45, 7) is 13.4. The molecule has 2 aromatic heterocycles. The van der Waals surface area contributed by atoms with E-state index in [0.29, 0.717) is 0 Å². The van der Waals surface area contributed by atoms with Crippen LogP contribution in [0.1, 0.15) is 40.8 Å². The first-order valence-electron chi connectivity index (χ1n) is 10.7. The van der Waals surface area contributed by atoms with Crippen LogP contribution in [0.2, 0.25) is 18.1 Å². The van der Waals surface area contributed by atoms with Gasteiger partial charge >= 0.3 is 0 Å². The summed E-state index contributed by atoms with van der Waals surface area (Å²) in [7, 11) is -2.33. The maximum atomic E-state index is 12.5. The van der Waals surface area contributed by atoms with Crippen LogP contribution >= 0.6 is 0 Å². The minimum absolute atomic E-state index is 0.0120. The highest BCUT2D eigenvalue weighted by molar-refractivity contribution is 6.74. The zero-order valence-electron chi connectivity index (χ0n) is 19.5. The first kappa shape index (κ1) is 24.5. The van der Waals surface area contributed by atoms with Crippen LogP contribution in [0.5, 0.6) is 0 Å². The molecule has 0 bridgehead atoms. The second-order valence-electron chi connectivity index (χ2n) is 9.96. The van der Waals surface area contributed by atoms with Crippen LogP contribution < -0.4 is 10.9 Å². The molecule has 32 heavy (non-hydrogen) atoms. The van der Waals surface area contributed by atoms with E-state index < -0.39 is 45.0 Å². The lowest BCUT2D eigenvalue weighted by Gasteiger charge is -2.40. The molecule has 0 saturated carbocycles. The van der Waals surface area contributed by atoms with E-state index in [-0.39, 0.29) is 34.0 Å². The Morgan fingerprint density at radius 3 is 2.62 bits per heavy atom. The summed E-state index contributed by atoms with van der Waals surface area (Å²) >= 11 is 0. The third-order valence-corrected chi connectivity index (χ3v) is 10.7. The number of H-pyrrole nitrogens is 1. The minimum Gasteiger partial charge on any atom is -0.407 e. The number of nitrogens with one attached hydrogen (secondary N) is 2. The van der Waals surface area contributed by atoms with Crippen molar-refractivity contribution in [1.82, 2.24) is 19.5 Å². The van der Waals surface area contributed by atoms with Crippen molar-refractivity contribution in [1.29, 1.82) is 0 Å². The van der Waals surface area contributed by atoms with Gasteiger partial charge in [0.05, 0.1) is 12.9 Å². The van der Waals surface area contributed by atoms with Crippen LogP contribution in [0.3, 0.4) is 0 Å². The Bertz CT molecular complexity index is 1040. The standard InChI is InChI=1S/C20H33N5O6Si/c1-10(2)16(28)23-19-22-15-12(17(29)24-19)21-9-25(15)18-14(13(27)11(8-26)30-18)31-32(6,7)20(3,4)5/h9-11,13-14,18,26-27H,8H2,1-7H3,(H2,22,23,24,28,29)/t11-,13?,14?,18-/m1/s1. The average Bonchev–Trinajstić information content (AvgIpc) is 3.22. The van der Waals surface area contributed by atoms with E-state index >= 15 is 0 Å². The Kier molecular flexibility index (Phi) is 6.64. The predicted octanol–water partition coefficient (Wildman–Crippen LogP) is 1.36. The summed E-state index contributed by atoms with van der Waals surface area (Å²) in [6.07, 6.45) is -2.24. The van der Waals surface area contributed by atoms with Crippen molar-refractivity contribution in [3.05, 3.63) is 16.7 Å². The molecule has 4 N–H and O–H groups in total. The van der Waals surface area contributed by atoms with Gasteiger partial charge in [0.15, 0.2) is 25.7 Å². The van der Waals surface area contributed by atoms with E-state index in [4.69, 9.17) is 9.16 Å². The molecule has 1 fully saturated rings. The van der Waals surface area contributed by atoms with Gasteiger partial charge < -0.3 is 19.4 Å². The van der Waals surface area contributed by atoms with Crippen molar-refractivity contribution < 1.29 is 24.2 Å². The van der Waals surface area contributed by atoms with Crippen molar-refractivity contribution in [3.8, 4) is 0 Å². The molecular formula is C20H33N5O6Si.